The number of nitrogens with zero attached hydrogens (tertiary/aromatic N) is 2. The number of rotatable bonds is 3. The largest absolute Gasteiger partial charge is 0.338 e. The second-order valence-corrected chi connectivity index (χ2v) is 6.45. The summed E-state index contributed by atoms with van der Waals surface area (Å²) >= 11 is 0. The molecule has 2 amide bonds. The second kappa shape index (κ2) is 6.46. The van der Waals surface area contributed by atoms with Crippen molar-refractivity contribution in [2.45, 2.75) is 57.5 Å². The van der Waals surface area contributed by atoms with Crippen LogP contribution in [0.2, 0.25) is 0 Å². The quantitative estimate of drug-likeness (QED) is 0.929. The van der Waals surface area contributed by atoms with Crippen molar-refractivity contribution in [2.24, 2.45) is 5.92 Å². The summed E-state index contributed by atoms with van der Waals surface area (Å²) in [6.07, 6.45) is 10.8. The molecule has 0 spiro atoms. The van der Waals surface area contributed by atoms with Gasteiger partial charge in [-0.05, 0) is 50.2 Å². The van der Waals surface area contributed by atoms with E-state index < -0.39 is 0 Å². The molecule has 2 aliphatic rings. The van der Waals surface area contributed by atoms with Crippen LogP contribution in [0.3, 0.4) is 0 Å². The van der Waals surface area contributed by atoms with Gasteiger partial charge in [0.25, 0.3) is 0 Å². The smallest absolute Gasteiger partial charge is 0.317 e. The Morgan fingerprint density at radius 3 is 3.10 bits per heavy atom. The van der Waals surface area contributed by atoms with E-state index in [4.69, 9.17) is 0 Å². The number of fused-ring (bicyclic) bond motifs is 1. The molecule has 114 valence electrons. The molecular formula is C17H25N3O. The Bertz CT molecular complexity index is 476. The maximum absolute atomic E-state index is 12.5. The first-order chi connectivity index (χ1) is 10.3. The second-order valence-electron chi connectivity index (χ2n) is 6.45. The van der Waals surface area contributed by atoms with Gasteiger partial charge in [-0.2, -0.15) is 0 Å². The Kier molecular flexibility index (Phi) is 4.42. The Morgan fingerprint density at radius 2 is 2.29 bits per heavy atom. The van der Waals surface area contributed by atoms with Crippen LogP contribution in [-0.4, -0.2) is 34.5 Å². The third-order valence-electron chi connectivity index (χ3n) is 4.99. The predicted molar refractivity (Wildman–Crippen MR) is 83.0 cm³/mol. The molecule has 0 bridgehead atoms. The Hall–Kier alpha value is -1.58. The van der Waals surface area contributed by atoms with Crippen LogP contribution >= 0.6 is 0 Å². The van der Waals surface area contributed by atoms with Crippen molar-refractivity contribution < 1.29 is 4.79 Å². The summed E-state index contributed by atoms with van der Waals surface area (Å²) in [5, 5.41) is 3.10. The normalized spacial score (nSPS) is 28.2. The Labute approximate surface area is 126 Å². The van der Waals surface area contributed by atoms with Crippen LogP contribution in [0.5, 0.6) is 0 Å². The van der Waals surface area contributed by atoms with Gasteiger partial charge in [0.2, 0.25) is 0 Å². The van der Waals surface area contributed by atoms with Crippen LogP contribution in [0.15, 0.2) is 24.5 Å². The van der Waals surface area contributed by atoms with E-state index in [1.807, 2.05) is 12.3 Å². The molecule has 4 nitrogen and oxygen atoms in total. The molecule has 0 aromatic carbocycles. The third-order valence-corrected chi connectivity index (χ3v) is 4.99. The summed E-state index contributed by atoms with van der Waals surface area (Å²) in [5.41, 5.74) is 1.17. The molecule has 0 radical (unpaired) electrons. The number of hydrogen-bond acceptors (Lipinski definition) is 2. The van der Waals surface area contributed by atoms with E-state index >= 15 is 0 Å². The van der Waals surface area contributed by atoms with Crippen molar-refractivity contribution >= 4 is 6.03 Å². The summed E-state index contributed by atoms with van der Waals surface area (Å²) in [5.74, 6) is 0.734. The van der Waals surface area contributed by atoms with Gasteiger partial charge in [0, 0.05) is 31.0 Å². The first-order valence-corrected chi connectivity index (χ1v) is 8.21. The summed E-state index contributed by atoms with van der Waals surface area (Å²) in [6.45, 7) is 2.88. The van der Waals surface area contributed by atoms with Gasteiger partial charge < -0.3 is 10.2 Å². The fraction of sp³-hybridized carbons (Fsp3) is 0.647. The minimum atomic E-state index is 0.126. The van der Waals surface area contributed by atoms with Crippen LogP contribution in [-0.2, 0) is 6.42 Å². The van der Waals surface area contributed by atoms with Crippen LogP contribution < -0.4 is 5.32 Å². The molecule has 1 aliphatic carbocycles. The number of amides is 2. The number of hydrogen-bond donors (Lipinski definition) is 1. The number of aromatic nitrogens is 1. The number of carbonyl (C=O) groups is 1. The van der Waals surface area contributed by atoms with Crippen LogP contribution in [0.4, 0.5) is 4.79 Å². The van der Waals surface area contributed by atoms with Gasteiger partial charge in [-0.25, -0.2) is 4.79 Å². The first kappa shape index (κ1) is 14.4. The van der Waals surface area contributed by atoms with E-state index in [0.29, 0.717) is 18.6 Å². The van der Waals surface area contributed by atoms with E-state index in [2.05, 4.69) is 28.2 Å². The van der Waals surface area contributed by atoms with Crippen molar-refractivity contribution in [3.8, 4) is 0 Å². The fourth-order valence-corrected chi connectivity index (χ4v) is 4.01. The average Bonchev–Trinajstić information content (AvgIpc) is 2.84. The maximum atomic E-state index is 12.5. The molecule has 1 saturated carbocycles. The number of carbonyl (C=O) groups excluding carboxylic acids is 1. The van der Waals surface area contributed by atoms with Crippen molar-refractivity contribution in [3.05, 3.63) is 30.1 Å². The molecule has 2 fully saturated rings. The lowest BCUT2D eigenvalue weighted by Gasteiger charge is -2.33. The average molecular weight is 287 g/mol. The molecule has 1 saturated heterocycles. The highest BCUT2D eigenvalue weighted by Gasteiger charge is 2.42. The van der Waals surface area contributed by atoms with Crippen LogP contribution in [0.1, 0.15) is 44.6 Å². The lowest BCUT2D eigenvalue weighted by Crippen LogP contribution is -2.48. The summed E-state index contributed by atoms with van der Waals surface area (Å²) in [7, 11) is 0. The topological polar surface area (TPSA) is 45.2 Å². The number of urea groups is 1. The molecule has 1 aliphatic heterocycles. The van der Waals surface area contributed by atoms with Gasteiger partial charge in [-0.3, -0.25) is 4.98 Å². The third kappa shape index (κ3) is 3.20. The SMILES string of the molecule is CC1CC2CCCCC2N1C(=O)NCCc1cccnc1. The lowest BCUT2D eigenvalue weighted by atomic mass is 9.85. The molecular weight excluding hydrogens is 262 g/mol. The van der Waals surface area contributed by atoms with E-state index in [-0.39, 0.29) is 6.03 Å². The van der Waals surface area contributed by atoms with E-state index in [9.17, 15) is 4.79 Å². The van der Waals surface area contributed by atoms with Gasteiger partial charge in [0.1, 0.15) is 0 Å². The molecule has 21 heavy (non-hydrogen) atoms. The zero-order valence-corrected chi connectivity index (χ0v) is 12.8. The number of likely N-dealkylation sites (tertiary alicyclic amines) is 1. The van der Waals surface area contributed by atoms with Gasteiger partial charge >= 0.3 is 6.03 Å². The van der Waals surface area contributed by atoms with E-state index in [1.165, 1.54) is 37.7 Å². The van der Waals surface area contributed by atoms with Gasteiger partial charge in [0.15, 0.2) is 0 Å². The zero-order valence-electron chi connectivity index (χ0n) is 12.8. The molecule has 1 N–H and O–H groups in total. The van der Waals surface area contributed by atoms with Crippen molar-refractivity contribution in [1.82, 2.24) is 15.2 Å². The van der Waals surface area contributed by atoms with Gasteiger partial charge in [-0.1, -0.05) is 18.9 Å². The summed E-state index contributed by atoms with van der Waals surface area (Å²) < 4.78 is 0. The first-order valence-electron chi connectivity index (χ1n) is 8.21. The van der Waals surface area contributed by atoms with Crippen LogP contribution in [0.25, 0.3) is 0 Å². The van der Waals surface area contributed by atoms with Gasteiger partial charge in [0.05, 0.1) is 0 Å². The van der Waals surface area contributed by atoms with Crippen molar-refractivity contribution in [3.63, 3.8) is 0 Å². The minimum Gasteiger partial charge on any atom is -0.338 e. The summed E-state index contributed by atoms with van der Waals surface area (Å²) in [6, 6.07) is 4.98. The predicted octanol–water partition coefficient (Wildman–Crippen LogP) is 2.99. The molecule has 3 unspecified atom stereocenters. The lowest BCUT2D eigenvalue weighted by molar-refractivity contribution is 0.156. The molecule has 3 rings (SSSR count). The summed E-state index contributed by atoms with van der Waals surface area (Å²) in [4.78, 5) is 18.7. The standard InChI is InChI=1S/C17H25N3O/c1-13-11-15-6-2-3-7-16(15)20(13)17(21)19-10-8-14-5-4-9-18-12-14/h4-5,9,12-13,15-16H,2-3,6-8,10-11H2,1H3,(H,19,21). The number of nitrogens with one attached hydrogen (secondary N) is 1. The monoisotopic (exact) mass is 287 g/mol. The highest BCUT2D eigenvalue weighted by Crippen LogP contribution is 2.39. The van der Waals surface area contributed by atoms with Crippen molar-refractivity contribution in [2.75, 3.05) is 6.54 Å². The van der Waals surface area contributed by atoms with Crippen LogP contribution in [0, 0.1) is 5.92 Å². The Balaban J connectivity index is 1.52. The molecule has 3 atom stereocenters. The highest BCUT2D eigenvalue weighted by atomic mass is 16.2. The van der Waals surface area contributed by atoms with E-state index in [0.717, 1.165) is 12.3 Å². The minimum absolute atomic E-state index is 0.126. The fourth-order valence-electron chi connectivity index (χ4n) is 4.01. The van der Waals surface area contributed by atoms with E-state index in [1.54, 1.807) is 6.20 Å². The highest BCUT2D eigenvalue weighted by molar-refractivity contribution is 5.75. The zero-order chi connectivity index (χ0) is 14.7. The Morgan fingerprint density at radius 1 is 1.43 bits per heavy atom. The van der Waals surface area contributed by atoms with Gasteiger partial charge in [-0.15, -0.1) is 0 Å². The molecule has 4 heteroatoms. The molecule has 2 heterocycles. The maximum Gasteiger partial charge on any atom is 0.317 e. The van der Waals surface area contributed by atoms with Crippen molar-refractivity contribution in [1.29, 1.82) is 0 Å². The molecule has 1 aromatic heterocycles. The number of pyridine rings is 1. The molecule has 1 aromatic rings.